The van der Waals surface area contributed by atoms with Crippen molar-refractivity contribution in [2.75, 3.05) is 20.1 Å². The number of likely N-dealkylation sites (N-methyl/N-ethyl adjacent to an activating group) is 1. The fourth-order valence-electron chi connectivity index (χ4n) is 2.47. The lowest BCUT2D eigenvalue weighted by molar-refractivity contribution is 0.0279. The Labute approximate surface area is 135 Å². The van der Waals surface area contributed by atoms with Crippen LogP contribution in [0.4, 0.5) is 4.79 Å². The number of likely N-dealkylation sites (tertiary alicyclic amines) is 1. The molecule has 0 aliphatic carbocycles. The standard InChI is InChI=1S/C16H24N2O3S/c1-11-7-9-22-13(11)14(19)17(5)12-6-8-18(10-12)15(20)21-16(2,3)4/h7,9,12H,6,8,10H2,1-5H3. The third kappa shape index (κ3) is 3.80. The zero-order valence-electron chi connectivity index (χ0n) is 13.9. The molecule has 1 saturated heterocycles. The third-order valence-corrected chi connectivity index (χ3v) is 4.74. The summed E-state index contributed by atoms with van der Waals surface area (Å²) in [6.45, 7) is 8.66. The zero-order chi connectivity index (χ0) is 16.5. The summed E-state index contributed by atoms with van der Waals surface area (Å²) < 4.78 is 5.39. The molecule has 1 unspecified atom stereocenters. The van der Waals surface area contributed by atoms with Crippen molar-refractivity contribution >= 4 is 23.3 Å². The highest BCUT2D eigenvalue weighted by atomic mass is 32.1. The van der Waals surface area contributed by atoms with Gasteiger partial charge in [-0.05, 0) is 51.1 Å². The first-order valence-corrected chi connectivity index (χ1v) is 8.36. The van der Waals surface area contributed by atoms with Gasteiger partial charge >= 0.3 is 6.09 Å². The van der Waals surface area contributed by atoms with Gasteiger partial charge in [-0.3, -0.25) is 4.79 Å². The predicted octanol–water partition coefficient (Wildman–Crippen LogP) is 3.14. The Morgan fingerprint density at radius 2 is 2.09 bits per heavy atom. The van der Waals surface area contributed by atoms with Gasteiger partial charge in [0.05, 0.1) is 10.9 Å². The van der Waals surface area contributed by atoms with Crippen LogP contribution < -0.4 is 0 Å². The molecule has 1 aliphatic heterocycles. The van der Waals surface area contributed by atoms with E-state index in [2.05, 4.69) is 0 Å². The summed E-state index contributed by atoms with van der Waals surface area (Å²) >= 11 is 1.46. The Bertz CT molecular complexity index is 562. The molecule has 2 amide bonds. The summed E-state index contributed by atoms with van der Waals surface area (Å²) in [4.78, 5) is 28.8. The van der Waals surface area contributed by atoms with E-state index >= 15 is 0 Å². The van der Waals surface area contributed by atoms with Gasteiger partial charge in [0.2, 0.25) is 0 Å². The second kappa shape index (κ2) is 6.28. The van der Waals surface area contributed by atoms with E-state index in [1.807, 2.05) is 46.2 Å². The minimum absolute atomic E-state index is 0.0311. The predicted molar refractivity (Wildman–Crippen MR) is 87.4 cm³/mol. The van der Waals surface area contributed by atoms with Crippen molar-refractivity contribution in [3.05, 3.63) is 21.9 Å². The molecule has 1 aromatic heterocycles. The Hall–Kier alpha value is -1.56. The van der Waals surface area contributed by atoms with Gasteiger partial charge in [-0.15, -0.1) is 11.3 Å². The van der Waals surface area contributed by atoms with Crippen molar-refractivity contribution in [2.24, 2.45) is 0 Å². The van der Waals surface area contributed by atoms with Crippen LogP contribution in [0, 0.1) is 6.92 Å². The number of hydrogen-bond acceptors (Lipinski definition) is 4. The maximum Gasteiger partial charge on any atom is 0.410 e. The topological polar surface area (TPSA) is 49.9 Å². The monoisotopic (exact) mass is 324 g/mol. The number of thiophene rings is 1. The Balaban J connectivity index is 1.97. The molecule has 5 nitrogen and oxygen atoms in total. The maximum absolute atomic E-state index is 12.5. The molecule has 1 aromatic rings. The number of ether oxygens (including phenoxy) is 1. The summed E-state index contributed by atoms with van der Waals surface area (Å²) in [6.07, 6.45) is 0.481. The van der Waals surface area contributed by atoms with Gasteiger partial charge in [-0.25, -0.2) is 4.79 Å². The van der Waals surface area contributed by atoms with Gasteiger partial charge < -0.3 is 14.5 Å². The Morgan fingerprint density at radius 3 is 2.64 bits per heavy atom. The SMILES string of the molecule is Cc1ccsc1C(=O)N(C)C1CCN(C(=O)OC(C)(C)C)C1. The highest BCUT2D eigenvalue weighted by Crippen LogP contribution is 2.22. The van der Waals surface area contributed by atoms with Crippen LogP contribution in [0.15, 0.2) is 11.4 Å². The summed E-state index contributed by atoms with van der Waals surface area (Å²) in [7, 11) is 1.81. The molecule has 1 aliphatic rings. The summed E-state index contributed by atoms with van der Waals surface area (Å²) in [5.41, 5.74) is 0.508. The quantitative estimate of drug-likeness (QED) is 0.840. The van der Waals surface area contributed by atoms with Crippen molar-refractivity contribution in [1.29, 1.82) is 0 Å². The van der Waals surface area contributed by atoms with Gasteiger partial charge in [0.15, 0.2) is 0 Å². The molecule has 0 radical (unpaired) electrons. The number of carbonyl (C=O) groups is 2. The molecule has 2 rings (SSSR count). The third-order valence-electron chi connectivity index (χ3n) is 3.74. The number of nitrogens with zero attached hydrogens (tertiary/aromatic N) is 2. The molecule has 22 heavy (non-hydrogen) atoms. The van der Waals surface area contributed by atoms with Crippen LogP contribution in [0.5, 0.6) is 0 Å². The van der Waals surface area contributed by atoms with Crippen LogP contribution in [0.1, 0.15) is 42.4 Å². The van der Waals surface area contributed by atoms with Gasteiger partial charge in [0.25, 0.3) is 5.91 Å². The van der Waals surface area contributed by atoms with Crippen LogP contribution in [-0.4, -0.2) is 53.6 Å². The lowest BCUT2D eigenvalue weighted by Crippen LogP contribution is -2.41. The van der Waals surface area contributed by atoms with E-state index in [9.17, 15) is 9.59 Å². The van der Waals surface area contributed by atoms with E-state index in [0.29, 0.717) is 13.1 Å². The number of amides is 2. The van der Waals surface area contributed by atoms with Crippen LogP contribution in [0.3, 0.4) is 0 Å². The summed E-state index contributed by atoms with van der Waals surface area (Å²) in [5, 5.41) is 1.93. The molecule has 0 bridgehead atoms. The molecule has 1 atom stereocenters. The molecule has 0 spiro atoms. The second-order valence-corrected chi connectivity index (χ2v) is 7.63. The molecule has 0 saturated carbocycles. The van der Waals surface area contributed by atoms with E-state index in [4.69, 9.17) is 4.74 Å². The molecule has 0 aromatic carbocycles. The van der Waals surface area contributed by atoms with Gasteiger partial charge in [-0.2, -0.15) is 0 Å². The molecular formula is C16H24N2O3S. The van der Waals surface area contributed by atoms with Gasteiger partial charge in [0, 0.05) is 20.1 Å². The van der Waals surface area contributed by atoms with E-state index in [-0.39, 0.29) is 18.0 Å². The molecule has 122 valence electrons. The van der Waals surface area contributed by atoms with E-state index in [1.165, 1.54) is 11.3 Å². The smallest absolute Gasteiger partial charge is 0.410 e. The van der Waals surface area contributed by atoms with Crippen LogP contribution >= 0.6 is 11.3 Å². The number of carbonyl (C=O) groups excluding carboxylic acids is 2. The lowest BCUT2D eigenvalue weighted by atomic mass is 10.2. The van der Waals surface area contributed by atoms with Crippen LogP contribution in [0.25, 0.3) is 0 Å². The zero-order valence-corrected chi connectivity index (χ0v) is 14.7. The molecule has 6 heteroatoms. The largest absolute Gasteiger partial charge is 0.444 e. The number of rotatable bonds is 2. The Morgan fingerprint density at radius 1 is 1.41 bits per heavy atom. The maximum atomic E-state index is 12.5. The van der Waals surface area contributed by atoms with Gasteiger partial charge in [0.1, 0.15) is 5.60 Å². The average molecular weight is 324 g/mol. The highest BCUT2D eigenvalue weighted by Gasteiger charge is 2.33. The van der Waals surface area contributed by atoms with Crippen LogP contribution in [0.2, 0.25) is 0 Å². The average Bonchev–Trinajstić information content (AvgIpc) is 3.03. The molecular weight excluding hydrogens is 300 g/mol. The number of hydrogen-bond donors (Lipinski definition) is 0. The van der Waals surface area contributed by atoms with Crippen molar-refractivity contribution in [3.8, 4) is 0 Å². The van der Waals surface area contributed by atoms with Crippen molar-refractivity contribution in [2.45, 2.75) is 45.8 Å². The molecule has 0 N–H and O–H groups in total. The van der Waals surface area contributed by atoms with Crippen LogP contribution in [-0.2, 0) is 4.74 Å². The minimum atomic E-state index is -0.495. The van der Waals surface area contributed by atoms with E-state index in [0.717, 1.165) is 16.9 Å². The first kappa shape index (κ1) is 16.8. The summed E-state index contributed by atoms with van der Waals surface area (Å²) in [6, 6.07) is 1.99. The van der Waals surface area contributed by atoms with Crippen molar-refractivity contribution < 1.29 is 14.3 Å². The van der Waals surface area contributed by atoms with Crippen molar-refractivity contribution in [1.82, 2.24) is 9.80 Å². The number of aryl methyl sites for hydroxylation is 1. The highest BCUT2D eigenvalue weighted by molar-refractivity contribution is 7.12. The van der Waals surface area contributed by atoms with E-state index < -0.39 is 5.60 Å². The fraction of sp³-hybridized carbons (Fsp3) is 0.625. The van der Waals surface area contributed by atoms with Crippen molar-refractivity contribution in [3.63, 3.8) is 0 Å². The Kier molecular flexibility index (Phi) is 4.80. The normalized spacial score (nSPS) is 18.4. The minimum Gasteiger partial charge on any atom is -0.444 e. The van der Waals surface area contributed by atoms with Gasteiger partial charge in [-0.1, -0.05) is 0 Å². The second-order valence-electron chi connectivity index (χ2n) is 6.72. The first-order valence-electron chi connectivity index (χ1n) is 7.48. The first-order chi connectivity index (χ1) is 10.2. The summed E-state index contributed by atoms with van der Waals surface area (Å²) in [5.74, 6) is 0.0311. The molecule has 1 fully saturated rings. The van der Waals surface area contributed by atoms with E-state index in [1.54, 1.807) is 9.80 Å². The fourth-order valence-corrected chi connectivity index (χ4v) is 3.38. The molecule has 2 heterocycles. The lowest BCUT2D eigenvalue weighted by Gasteiger charge is -2.26.